The molecule has 5 nitrogen and oxygen atoms in total. The monoisotopic (exact) mass is 391 g/mol. The number of nitrogens with zero attached hydrogens (tertiary/aromatic N) is 2. The van der Waals surface area contributed by atoms with Crippen LogP contribution in [0.3, 0.4) is 0 Å². The minimum Gasteiger partial charge on any atom is -0.441 e. The smallest absolute Gasteiger partial charge is 0.224 e. The van der Waals surface area contributed by atoms with E-state index in [1.165, 1.54) is 11.1 Å². The van der Waals surface area contributed by atoms with Crippen LogP contribution in [0, 0.1) is 6.92 Å². The van der Waals surface area contributed by atoms with E-state index in [0.717, 1.165) is 36.6 Å². The maximum Gasteiger partial charge on any atom is 0.224 e. The largest absolute Gasteiger partial charge is 0.441 e. The minimum absolute atomic E-state index is 0.0416. The highest BCUT2D eigenvalue weighted by Crippen LogP contribution is 2.21. The van der Waals surface area contributed by atoms with E-state index in [1.807, 2.05) is 49.4 Å². The van der Waals surface area contributed by atoms with Crippen molar-refractivity contribution in [2.24, 2.45) is 0 Å². The van der Waals surface area contributed by atoms with Crippen molar-refractivity contribution in [2.45, 2.75) is 40.2 Å². The van der Waals surface area contributed by atoms with Gasteiger partial charge in [-0.1, -0.05) is 55.8 Å². The summed E-state index contributed by atoms with van der Waals surface area (Å²) >= 11 is 0. The van der Waals surface area contributed by atoms with Gasteiger partial charge in [0, 0.05) is 30.6 Å². The second kappa shape index (κ2) is 10.0. The molecule has 0 atom stereocenters. The fourth-order valence-corrected chi connectivity index (χ4v) is 3.17. The normalized spacial score (nSPS) is 11.0. The van der Waals surface area contributed by atoms with Crippen LogP contribution in [0.25, 0.3) is 11.3 Å². The minimum atomic E-state index is -0.0416. The Hall–Kier alpha value is -2.92. The van der Waals surface area contributed by atoms with Crippen LogP contribution in [0.1, 0.15) is 37.3 Å². The molecule has 5 heteroatoms. The number of rotatable bonds is 9. The van der Waals surface area contributed by atoms with Crippen LogP contribution in [0.15, 0.2) is 59.1 Å². The summed E-state index contributed by atoms with van der Waals surface area (Å²) in [5, 5.41) is 2.98. The van der Waals surface area contributed by atoms with E-state index in [1.54, 1.807) is 6.20 Å². The van der Waals surface area contributed by atoms with Gasteiger partial charge in [0.05, 0.1) is 6.20 Å². The van der Waals surface area contributed by atoms with Crippen molar-refractivity contribution < 1.29 is 9.21 Å². The molecule has 1 N–H and O–H groups in total. The van der Waals surface area contributed by atoms with E-state index < -0.39 is 0 Å². The third-order valence-electron chi connectivity index (χ3n) is 4.97. The molecule has 0 aliphatic rings. The van der Waals surface area contributed by atoms with Crippen LogP contribution in [0.5, 0.6) is 0 Å². The Balaban J connectivity index is 1.53. The molecule has 29 heavy (non-hydrogen) atoms. The van der Waals surface area contributed by atoms with Crippen molar-refractivity contribution in [1.82, 2.24) is 9.88 Å². The summed E-state index contributed by atoms with van der Waals surface area (Å²) < 4.78 is 5.80. The van der Waals surface area contributed by atoms with Crippen LogP contribution in [0.4, 0.5) is 5.69 Å². The number of benzene rings is 2. The number of hydrogen-bond donors (Lipinski definition) is 1. The predicted molar refractivity (Wildman–Crippen MR) is 117 cm³/mol. The lowest BCUT2D eigenvalue weighted by molar-refractivity contribution is -0.116. The summed E-state index contributed by atoms with van der Waals surface area (Å²) in [6, 6.07) is 16.1. The summed E-state index contributed by atoms with van der Waals surface area (Å²) in [5.74, 6) is 1.26. The number of amides is 1. The van der Waals surface area contributed by atoms with Crippen LogP contribution < -0.4 is 5.32 Å². The molecule has 3 aromatic rings. The first-order valence-electron chi connectivity index (χ1n) is 10.2. The predicted octanol–water partition coefficient (Wildman–Crippen LogP) is 5.06. The van der Waals surface area contributed by atoms with Gasteiger partial charge in [-0.3, -0.25) is 9.69 Å². The first-order valence-corrected chi connectivity index (χ1v) is 10.2. The molecule has 0 unspecified atom stereocenters. The van der Waals surface area contributed by atoms with Gasteiger partial charge in [-0.25, -0.2) is 4.98 Å². The Kier molecular flexibility index (Phi) is 7.19. The SMILES string of the molecule is CCN(CC)Cc1cccc(NC(=O)CCc2ncc(-c3ccc(C)cc3)o2)c1. The molecule has 0 saturated carbocycles. The molecule has 3 rings (SSSR count). The molecular formula is C24H29N3O2. The second-order valence-electron chi connectivity index (χ2n) is 7.19. The van der Waals surface area contributed by atoms with E-state index in [4.69, 9.17) is 4.42 Å². The lowest BCUT2D eigenvalue weighted by Gasteiger charge is -2.18. The summed E-state index contributed by atoms with van der Waals surface area (Å²) in [4.78, 5) is 19.0. The average Bonchev–Trinajstić information content (AvgIpc) is 3.20. The van der Waals surface area contributed by atoms with Gasteiger partial charge in [0.25, 0.3) is 0 Å². The number of carbonyl (C=O) groups excluding carboxylic acids is 1. The molecule has 1 amide bonds. The number of nitrogens with one attached hydrogen (secondary N) is 1. The number of aromatic nitrogens is 1. The van der Waals surface area contributed by atoms with Crippen molar-refractivity contribution in [2.75, 3.05) is 18.4 Å². The molecular weight excluding hydrogens is 362 g/mol. The fraction of sp³-hybridized carbons (Fsp3) is 0.333. The summed E-state index contributed by atoms with van der Waals surface area (Å²) in [6.45, 7) is 9.26. The number of hydrogen-bond acceptors (Lipinski definition) is 4. The third kappa shape index (κ3) is 6.03. The summed E-state index contributed by atoms with van der Waals surface area (Å²) in [7, 11) is 0. The maximum absolute atomic E-state index is 12.4. The van der Waals surface area contributed by atoms with Crippen molar-refractivity contribution in [3.05, 3.63) is 71.7 Å². The van der Waals surface area contributed by atoms with Gasteiger partial charge in [-0.2, -0.15) is 0 Å². The van der Waals surface area contributed by atoms with Crippen molar-refractivity contribution in [3.8, 4) is 11.3 Å². The molecule has 152 valence electrons. The molecule has 0 saturated heterocycles. The first kappa shape index (κ1) is 20.8. The lowest BCUT2D eigenvalue weighted by atomic mass is 10.1. The van der Waals surface area contributed by atoms with Gasteiger partial charge >= 0.3 is 0 Å². The van der Waals surface area contributed by atoms with Gasteiger partial charge in [-0.15, -0.1) is 0 Å². The van der Waals surface area contributed by atoms with Gasteiger partial charge in [0.2, 0.25) is 5.91 Å². The zero-order valence-corrected chi connectivity index (χ0v) is 17.4. The molecule has 0 aliphatic heterocycles. The Bertz CT molecular complexity index is 927. The maximum atomic E-state index is 12.4. The van der Waals surface area contributed by atoms with Gasteiger partial charge in [0.1, 0.15) is 0 Å². The highest BCUT2D eigenvalue weighted by atomic mass is 16.4. The second-order valence-corrected chi connectivity index (χ2v) is 7.19. The number of carbonyl (C=O) groups is 1. The standard InChI is InChI=1S/C24H29N3O2/c1-4-27(5-2)17-19-7-6-8-21(15-19)26-23(28)13-14-24-25-16-22(29-24)20-11-9-18(3)10-12-20/h6-12,15-16H,4-5,13-14,17H2,1-3H3,(H,26,28). The summed E-state index contributed by atoms with van der Waals surface area (Å²) in [6.07, 6.45) is 2.51. The van der Waals surface area contributed by atoms with E-state index >= 15 is 0 Å². The van der Waals surface area contributed by atoms with E-state index in [-0.39, 0.29) is 5.91 Å². The fourth-order valence-electron chi connectivity index (χ4n) is 3.17. The van der Waals surface area contributed by atoms with E-state index in [2.05, 4.69) is 35.1 Å². The number of oxazole rings is 1. The van der Waals surface area contributed by atoms with E-state index in [0.29, 0.717) is 18.7 Å². The first-order chi connectivity index (χ1) is 14.1. The third-order valence-corrected chi connectivity index (χ3v) is 4.97. The average molecular weight is 392 g/mol. The topological polar surface area (TPSA) is 58.4 Å². The van der Waals surface area contributed by atoms with Crippen LogP contribution in [0.2, 0.25) is 0 Å². The quantitative estimate of drug-likeness (QED) is 0.554. The Morgan fingerprint density at radius 1 is 1.10 bits per heavy atom. The van der Waals surface area contributed by atoms with Crippen LogP contribution >= 0.6 is 0 Å². The molecule has 0 spiro atoms. The number of aryl methyl sites for hydroxylation is 2. The highest BCUT2D eigenvalue weighted by molar-refractivity contribution is 5.90. The highest BCUT2D eigenvalue weighted by Gasteiger charge is 2.10. The van der Waals surface area contributed by atoms with E-state index in [9.17, 15) is 4.79 Å². The molecule has 2 aromatic carbocycles. The zero-order valence-electron chi connectivity index (χ0n) is 17.4. The van der Waals surface area contributed by atoms with Crippen LogP contribution in [-0.4, -0.2) is 28.9 Å². The van der Waals surface area contributed by atoms with Crippen molar-refractivity contribution >= 4 is 11.6 Å². The Morgan fingerprint density at radius 2 is 1.86 bits per heavy atom. The molecule has 0 radical (unpaired) electrons. The molecule has 1 heterocycles. The van der Waals surface area contributed by atoms with Gasteiger partial charge in [0.15, 0.2) is 11.7 Å². The molecule has 0 bridgehead atoms. The lowest BCUT2D eigenvalue weighted by Crippen LogP contribution is -2.22. The molecule has 0 aliphatic carbocycles. The summed E-state index contributed by atoms with van der Waals surface area (Å²) in [5.41, 5.74) is 4.21. The Morgan fingerprint density at radius 3 is 2.59 bits per heavy atom. The van der Waals surface area contributed by atoms with Crippen molar-refractivity contribution in [3.63, 3.8) is 0 Å². The Labute approximate surface area is 172 Å². The molecule has 1 aromatic heterocycles. The number of anilines is 1. The van der Waals surface area contributed by atoms with Gasteiger partial charge < -0.3 is 9.73 Å². The van der Waals surface area contributed by atoms with Crippen molar-refractivity contribution in [1.29, 1.82) is 0 Å². The van der Waals surface area contributed by atoms with Crippen LogP contribution in [-0.2, 0) is 17.8 Å². The molecule has 0 fully saturated rings. The van der Waals surface area contributed by atoms with Gasteiger partial charge in [-0.05, 0) is 37.7 Å². The zero-order chi connectivity index (χ0) is 20.6.